The van der Waals surface area contributed by atoms with E-state index in [1.807, 2.05) is 18.2 Å². The third-order valence-corrected chi connectivity index (χ3v) is 4.17. The third-order valence-electron chi connectivity index (χ3n) is 4.17. The lowest BCUT2D eigenvalue weighted by molar-refractivity contribution is -0.118. The summed E-state index contributed by atoms with van der Waals surface area (Å²) in [7, 11) is 0. The summed E-state index contributed by atoms with van der Waals surface area (Å²) in [5, 5.41) is 6.45. The molecule has 1 unspecified atom stereocenters. The molecule has 1 atom stereocenters. The summed E-state index contributed by atoms with van der Waals surface area (Å²) in [5.74, 6) is 1.10. The van der Waals surface area contributed by atoms with Crippen LogP contribution in [-0.2, 0) is 11.2 Å². The molecule has 3 heteroatoms. The van der Waals surface area contributed by atoms with Crippen molar-refractivity contribution in [3.63, 3.8) is 0 Å². The summed E-state index contributed by atoms with van der Waals surface area (Å²) in [6.07, 6.45) is 7.21. The highest BCUT2D eigenvalue weighted by Gasteiger charge is 2.23. The van der Waals surface area contributed by atoms with E-state index in [4.69, 9.17) is 0 Å². The van der Waals surface area contributed by atoms with Crippen molar-refractivity contribution in [2.45, 2.75) is 44.6 Å². The maximum Gasteiger partial charge on any atom is 0.241 e. The lowest BCUT2D eigenvalue weighted by Crippen LogP contribution is -2.40. The molecule has 1 fully saturated rings. The highest BCUT2D eigenvalue weighted by atomic mass is 16.2. The molecule has 1 saturated carbocycles. The van der Waals surface area contributed by atoms with Crippen LogP contribution in [0.3, 0.4) is 0 Å². The minimum absolute atomic E-state index is 0.0356. The van der Waals surface area contributed by atoms with Crippen LogP contribution in [0.5, 0.6) is 0 Å². The Labute approximate surface area is 114 Å². The van der Waals surface area contributed by atoms with Gasteiger partial charge in [0.1, 0.15) is 0 Å². The Kier molecular flexibility index (Phi) is 3.83. The van der Waals surface area contributed by atoms with E-state index in [1.54, 1.807) is 0 Å². The van der Waals surface area contributed by atoms with Gasteiger partial charge in [-0.2, -0.15) is 0 Å². The first kappa shape index (κ1) is 12.7. The molecule has 0 spiro atoms. The fourth-order valence-corrected chi connectivity index (χ4v) is 2.78. The van der Waals surface area contributed by atoms with Gasteiger partial charge in [-0.25, -0.2) is 0 Å². The van der Waals surface area contributed by atoms with Gasteiger partial charge < -0.3 is 10.6 Å². The highest BCUT2D eigenvalue weighted by Crippen LogP contribution is 2.33. The number of rotatable bonds is 5. The highest BCUT2D eigenvalue weighted by molar-refractivity contribution is 5.96. The molecule has 0 aromatic heterocycles. The number of hydrogen-bond donors (Lipinski definition) is 2. The molecule has 1 amide bonds. The molecule has 1 heterocycles. The van der Waals surface area contributed by atoms with Gasteiger partial charge in [-0.05, 0) is 49.8 Å². The minimum atomic E-state index is -0.0356. The standard InChI is InChI=1S/C16H22N2O/c19-16-15(17-11-3-4-12-7-8-12)10-9-13-5-1-2-6-14(13)18-16/h1-2,5-6,12,15,17H,3-4,7-11H2,(H,18,19). The lowest BCUT2D eigenvalue weighted by Gasteiger charge is -2.15. The van der Waals surface area contributed by atoms with Gasteiger partial charge in [-0.3, -0.25) is 4.79 Å². The zero-order valence-electron chi connectivity index (χ0n) is 11.3. The van der Waals surface area contributed by atoms with Gasteiger partial charge in [0.15, 0.2) is 0 Å². The van der Waals surface area contributed by atoms with Gasteiger partial charge in [0.2, 0.25) is 5.91 Å². The molecule has 1 aromatic rings. The quantitative estimate of drug-likeness (QED) is 0.797. The average molecular weight is 258 g/mol. The van der Waals surface area contributed by atoms with Crippen LogP contribution in [0.25, 0.3) is 0 Å². The van der Waals surface area contributed by atoms with Gasteiger partial charge >= 0.3 is 0 Å². The molecule has 0 bridgehead atoms. The normalized spacial score (nSPS) is 22.5. The van der Waals surface area contributed by atoms with E-state index >= 15 is 0 Å². The van der Waals surface area contributed by atoms with Crippen molar-refractivity contribution in [2.24, 2.45) is 5.92 Å². The maximum atomic E-state index is 12.1. The van der Waals surface area contributed by atoms with E-state index in [1.165, 1.54) is 31.2 Å². The van der Waals surface area contributed by atoms with Crippen molar-refractivity contribution in [3.8, 4) is 0 Å². The van der Waals surface area contributed by atoms with Crippen molar-refractivity contribution in [1.29, 1.82) is 0 Å². The van der Waals surface area contributed by atoms with Crippen molar-refractivity contribution in [2.75, 3.05) is 11.9 Å². The van der Waals surface area contributed by atoms with E-state index in [9.17, 15) is 4.79 Å². The smallest absolute Gasteiger partial charge is 0.241 e. The van der Waals surface area contributed by atoms with Crippen molar-refractivity contribution >= 4 is 11.6 Å². The predicted molar refractivity (Wildman–Crippen MR) is 77.1 cm³/mol. The van der Waals surface area contributed by atoms with Crippen LogP contribution in [0.2, 0.25) is 0 Å². The molecule has 2 N–H and O–H groups in total. The van der Waals surface area contributed by atoms with Gasteiger partial charge in [0.25, 0.3) is 0 Å². The Hall–Kier alpha value is -1.35. The Morgan fingerprint density at radius 1 is 1.21 bits per heavy atom. The summed E-state index contributed by atoms with van der Waals surface area (Å²) in [5.41, 5.74) is 2.23. The monoisotopic (exact) mass is 258 g/mol. The van der Waals surface area contributed by atoms with Crippen LogP contribution in [0.15, 0.2) is 24.3 Å². The first-order chi connectivity index (χ1) is 9.33. The van der Waals surface area contributed by atoms with Crippen molar-refractivity contribution in [3.05, 3.63) is 29.8 Å². The number of aryl methyl sites for hydroxylation is 1. The van der Waals surface area contributed by atoms with Crippen LogP contribution in [0.4, 0.5) is 5.69 Å². The van der Waals surface area contributed by atoms with Gasteiger partial charge in [0, 0.05) is 5.69 Å². The molecule has 19 heavy (non-hydrogen) atoms. The number of fused-ring (bicyclic) bond motifs is 1. The Morgan fingerprint density at radius 3 is 2.89 bits per heavy atom. The maximum absolute atomic E-state index is 12.1. The SMILES string of the molecule is O=C1Nc2ccccc2CCC1NCCCC1CC1. The second-order valence-electron chi connectivity index (χ2n) is 5.78. The van der Waals surface area contributed by atoms with Crippen LogP contribution in [-0.4, -0.2) is 18.5 Å². The van der Waals surface area contributed by atoms with Crippen molar-refractivity contribution < 1.29 is 4.79 Å². The first-order valence-corrected chi connectivity index (χ1v) is 7.45. The number of amides is 1. The molecule has 0 saturated heterocycles. The van der Waals surface area contributed by atoms with Gasteiger partial charge in [-0.1, -0.05) is 31.0 Å². The fourth-order valence-electron chi connectivity index (χ4n) is 2.78. The molecule has 0 radical (unpaired) electrons. The molecular formula is C16H22N2O. The third kappa shape index (κ3) is 3.35. The molecule has 2 aliphatic rings. The first-order valence-electron chi connectivity index (χ1n) is 7.45. The van der Waals surface area contributed by atoms with E-state index < -0.39 is 0 Å². The topological polar surface area (TPSA) is 41.1 Å². The zero-order valence-corrected chi connectivity index (χ0v) is 11.3. The number of carbonyl (C=O) groups excluding carboxylic acids is 1. The van der Waals surface area contributed by atoms with Gasteiger partial charge in [0.05, 0.1) is 6.04 Å². The lowest BCUT2D eigenvalue weighted by atomic mass is 10.1. The summed E-state index contributed by atoms with van der Waals surface area (Å²) in [6.45, 7) is 0.963. The van der Waals surface area contributed by atoms with Crippen LogP contribution >= 0.6 is 0 Å². The molecule has 1 aromatic carbocycles. The summed E-state index contributed by atoms with van der Waals surface area (Å²) in [4.78, 5) is 12.1. The zero-order chi connectivity index (χ0) is 13.1. The molecule has 1 aliphatic heterocycles. The summed E-state index contributed by atoms with van der Waals surface area (Å²) < 4.78 is 0. The fraction of sp³-hybridized carbons (Fsp3) is 0.562. The second kappa shape index (κ2) is 5.74. The van der Waals surface area contributed by atoms with E-state index in [0.717, 1.165) is 31.0 Å². The molecular weight excluding hydrogens is 236 g/mol. The molecule has 102 valence electrons. The average Bonchev–Trinajstić information content (AvgIpc) is 3.23. The number of anilines is 1. The molecule has 3 rings (SSSR count). The number of para-hydroxylation sites is 1. The largest absolute Gasteiger partial charge is 0.324 e. The molecule has 3 nitrogen and oxygen atoms in total. The predicted octanol–water partition coefficient (Wildman–Crippen LogP) is 2.72. The minimum Gasteiger partial charge on any atom is -0.324 e. The van der Waals surface area contributed by atoms with E-state index in [-0.39, 0.29) is 11.9 Å². The number of nitrogens with one attached hydrogen (secondary N) is 2. The van der Waals surface area contributed by atoms with Crippen LogP contribution < -0.4 is 10.6 Å². The summed E-state index contributed by atoms with van der Waals surface area (Å²) >= 11 is 0. The Morgan fingerprint density at radius 2 is 2.05 bits per heavy atom. The van der Waals surface area contributed by atoms with E-state index in [0.29, 0.717) is 0 Å². The number of hydrogen-bond acceptors (Lipinski definition) is 2. The van der Waals surface area contributed by atoms with Crippen molar-refractivity contribution in [1.82, 2.24) is 5.32 Å². The second-order valence-corrected chi connectivity index (χ2v) is 5.78. The number of benzene rings is 1. The summed E-state index contributed by atoms with van der Waals surface area (Å²) in [6, 6.07) is 8.07. The number of carbonyl (C=O) groups is 1. The van der Waals surface area contributed by atoms with Crippen LogP contribution in [0, 0.1) is 5.92 Å². The van der Waals surface area contributed by atoms with Crippen LogP contribution in [0.1, 0.15) is 37.7 Å². The molecule has 1 aliphatic carbocycles. The Balaban J connectivity index is 1.51. The Bertz CT molecular complexity index is 454. The van der Waals surface area contributed by atoms with Gasteiger partial charge in [-0.15, -0.1) is 0 Å². The van der Waals surface area contributed by atoms with E-state index in [2.05, 4.69) is 16.7 Å².